The lowest BCUT2D eigenvalue weighted by molar-refractivity contribution is 0.0657. The van der Waals surface area contributed by atoms with Crippen LogP contribution in [0, 0.1) is 13.8 Å². The van der Waals surface area contributed by atoms with Crippen LogP contribution < -0.4 is 5.32 Å². The number of amides is 1. The van der Waals surface area contributed by atoms with Gasteiger partial charge in [0, 0.05) is 37.6 Å². The number of furan rings is 1. The average molecular weight is 375 g/mol. The Hall–Kier alpha value is -2.35. The molecular formula is C18H25N5O2S. The van der Waals surface area contributed by atoms with Crippen molar-refractivity contribution in [1.29, 1.82) is 0 Å². The lowest BCUT2D eigenvalue weighted by Crippen LogP contribution is -2.53. The fourth-order valence-corrected chi connectivity index (χ4v) is 3.71. The molecule has 3 heterocycles. The first-order chi connectivity index (χ1) is 12.6. The maximum atomic E-state index is 12.4. The second-order valence-electron chi connectivity index (χ2n) is 6.18. The zero-order valence-corrected chi connectivity index (χ0v) is 16.3. The molecule has 1 saturated heterocycles. The number of piperazine rings is 1. The number of nitrogens with one attached hydrogen (secondary N) is 1. The van der Waals surface area contributed by atoms with Gasteiger partial charge in [-0.25, -0.2) is 9.98 Å². The van der Waals surface area contributed by atoms with Gasteiger partial charge in [0.05, 0.1) is 18.5 Å². The van der Waals surface area contributed by atoms with Gasteiger partial charge in [-0.05, 0) is 32.9 Å². The molecule has 1 fully saturated rings. The number of aliphatic imine (C=N–C) groups is 1. The summed E-state index contributed by atoms with van der Waals surface area (Å²) in [6.45, 7) is 10.3. The minimum absolute atomic E-state index is 0.0506. The average Bonchev–Trinajstić information content (AvgIpc) is 3.29. The first kappa shape index (κ1) is 18.4. The van der Waals surface area contributed by atoms with E-state index < -0.39 is 0 Å². The van der Waals surface area contributed by atoms with E-state index in [2.05, 4.69) is 29.0 Å². The van der Waals surface area contributed by atoms with Crippen molar-refractivity contribution in [1.82, 2.24) is 20.1 Å². The van der Waals surface area contributed by atoms with Crippen LogP contribution in [0.5, 0.6) is 0 Å². The van der Waals surface area contributed by atoms with E-state index >= 15 is 0 Å². The Morgan fingerprint density at radius 2 is 2.04 bits per heavy atom. The van der Waals surface area contributed by atoms with Gasteiger partial charge < -0.3 is 19.5 Å². The van der Waals surface area contributed by atoms with E-state index in [1.54, 1.807) is 23.5 Å². The quantitative estimate of drug-likeness (QED) is 0.656. The number of carbonyl (C=O) groups excluding carboxylic acids is 1. The van der Waals surface area contributed by atoms with Crippen molar-refractivity contribution in [3.63, 3.8) is 0 Å². The topological polar surface area (TPSA) is 74.0 Å². The normalized spacial score (nSPS) is 15.4. The maximum absolute atomic E-state index is 12.4. The number of hydrogen-bond acceptors (Lipinski definition) is 5. The van der Waals surface area contributed by atoms with E-state index in [9.17, 15) is 4.79 Å². The van der Waals surface area contributed by atoms with Crippen molar-refractivity contribution in [3.8, 4) is 0 Å². The highest BCUT2D eigenvalue weighted by molar-refractivity contribution is 7.11. The van der Waals surface area contributed by atoms with Crippen molar-refractivity contribution in [2.24, 2.45) is 4.99 Å². The van der Waals surface area contributed by atoms with Gasteiger partial charge in [-0.15, -0.1) is 11.3 Å². The van der Waals surface area contributed by atoms with Crippen LogP contribution in [0.15, 0.2) is 27.8 Å². The van der Waals surface area contributed by atoms with E-state index in [1.165, 1.54) is 11.1 Å². The largest absolute Gasteiger partial charge is 0.459 e. The molecule has 7 nitrogen and oxygen atoms in total. The molecule has 140 valence electrons. The SMILES string of the molecule is CCNC(=NCc1nc(C)c(C)s1)N1CCN(C(=O)c2ccco2)CC1. The van der Waals surface area contributed by atoms with E-state index in [0.717, 1.165) is 36.3 Å². The number of aromatic nitrogens is 1. The van der Waals surface area contributed by atoms with Crippen LogP contribution >= 0.6 is 11.3 Å². The Morgan fingerprint density at radius 3 is 2.62 bits per heavy atom. The van der Waals surface area contributed by atoms with Crippen LogP contribution in [-0.4, -0.2) is 59.4 Å². The van der Waals surface area contributed by atoms with Gasteiger partial charge in [0.25, 0.3) is 5.91 Å². The van der Waals surface area contributed by atoms with Crippen molar-refractivity contribution >= 4 is 23.2 Å². The van der Waals surface area contributed by atoms with Crippen LogP contribution in [0.2, 0.25) is 0 Å². The Balaban J connectivity index is 1.60. The van der Waals surface area contributed by atoms with Crippen molar-refractivity contribution in [2.75, 3.05) is 32.7 Å². The molecule has 0 saturated carbocycles. The molecule has 0 aromatic carbocycles. The van der Waals surface area contributed by atoms with Crippen LogP contribution in [0.4, 0.5) is 0 Å². The van der Waals surface area contributed by atoms with E-state index in [4.69, 9.17) is 9.41 Å². The Labute approximate surface area is 157 Å². The molecule has 0 bridgehead atoms. The van der Waals surface area contributed by atoms with E-state index in [0.29, 0.717) is 25.4 Å². The van der Waals surface area contributed by atoms with Gasteiger partial charge in [-0.3, -0.25) is 4.79 Å². The zero-order chi connectivity index (χ0) is 18.5. The third-order valence-electron chi connectivity index (χ3n) is 4.37. The Kier molecular flexibility index (Phi) is 5.92. The number of aryl methyl sites for hydroxylation is 2. The van der Waals surface area contributed by atoms with E-state index in [1.807, 2.05) is 11.8 Å². The molecule has 1 aliphatic rings. The highest BCUT2D eigenvalue weighted by Gasteiger charge is 2.25. The number of nitrogens with zero attached hydrogens (tertiary/aromatic N) is 4. The molecule has 1 amide bonds. The van der Waals surface area contributed by atoms with Crippen LogP contribution in [0.1, 0.15) is 33.1 Å². The van der Waals surface area contributed by atoms with Crippen molar-refractivity contribution in [2.45, 2.75) is 27.3 Å². The number of carbonyl (C=O) groups is 1. The van der Waals surface area contributed by atoms with Gasteiger partial charge >= 0.3 is 0 Å². The number of guanidine groups is 1. The molecule has 0 spiro atoms. The second kappa shape index (κ2) is 8.35. The summed E-state index contributed by atoms with van der Waals surface area (Å²) in [5.41, 5.74) is 1.08. The molecule has 0 unspecified atom stereocenters. The summed E-state index contributed by atoms with van der Waals surface area (Å²) in [6.07, 6.45) is 1.53. The second-order valence-corrected chi connectivity index (χ2v) is 7.46. The highest BCUT2D eigenvalue weighted by atomic mass is 32.1. The Bertz CT molecular complexity index is 741. The fraction of sp³-hybridized carbons (Fsp3) is 0.500. The minimum atomic E-state index is -0.0506. The summed E-state index contributed by atoms with van der Waals surface area (Å²) in [5, 5.41) is 4.38. The summed E-state index contributed by atoms with van der Waals surface area (Å²) in [5.74, 6) is 1.22. The van der Waals surface area contributed by atoms with Crippen molar-refractivity contribution in [3.05, 3.63) is 39.7 Å². The number of hydrogen-bond donors (Lipinski definition) is 1. The lowest BCUT2D eigenvalue weighted by atomic mass is 10.3. The molecule has 3 rings (SSSR count). The lowest BCUT2D eigenvalue weighted by Gasteiger charge is -2.36. The van der Waals surface area contributed by atoms with E-state index in [-0.39, 0.29) is 5.91 Å². The standard InChI is InChI=1S/C18H25N5O2S/c1-4-19-18(20-12-16-21-13(2)14(3)26-16)23-9-7-22(8-10-23)17(24)15-6-5-11-25-15/h5-6,11H,4,7-10,12H2,1-3H3,(H,19,20). The Morgan fingerprint density at radius 1 is 1.31 bits per heavy atom. The van der Waals surface area contributed by atoms with Gasteiger partial charge in [0.1, 0.15) is 5.01 Å². The summed E-state index contributed by atoms with van der Waals surface area (Å²) < 4.78 is 5.21. The monoisotopic (exact) mass is 375 g/mol. The molecule has 0 radical (unpaired) electrons. The zero-order valence-electron chi connectivity index (χ0n) is 15.5. The first-order valence-electron chi connectivity index (χ1n) is 8.87. The summed E-state index contributed by atoms with van der Waals surface area (Å²) in [7, 11) is 0. The molecule has 2 aromatic heterocycles. The predicted molar refractivity (Wildman–Crippen MR) is 103 cm³/mol. The van der Waals surface area contributed by atoms with Gasteiger partial charge in [-0.2, -0.15) is 0 Å². The molecule has 8 heteroatoms. The molecular weight excluding hydrogens is 350 g/mol. The first-order valence-corrected chi connectivity index (χ1v) is 9.69. The summed E-state index contributed by atoms with van der Waals surface area (Å²) in [6, 6.07) is 3.44. The van der Waals surface area contributed by atoms with Crippen molar-refractivity contribution < 1.29 is 9.21 Å². The minimum Gasteiger partial charge on any atom is -0.459 e. The smallest absolute Gasteiger partial charge is 0.289 e. The molecule has 0 aliphatic carbocycles. The maximum Gasteiger partial charge on any atom is 0.289 e. The molecule has 2 aromatic rings. The molecule has 0 atom stereocenters. The van der Waals surface area contributed by atoms with Crippen LogP contribution in [-0.2, 0) is 6.54 Å². The highest BCUT2D eigenvalue weighted by Crippen LogP contribution is 2.17. The van der Waals surface area contributed by atoms with Gasteiger partial charge in [0.15, 0.2) is 11.7 Å². The van der Waals surface area contributed by atoms with Crippen LogP contribution in [0.25, 0.3) is 0 Å². The summed E-state index contributed by atoms with van der Waals surface area (Å²) >= 11 is 1.70. The number of thiazole rings is 1. The number of rotatable bonds is 4. The van der Waals surface area contributed by atoms with Crippen LogP contribution in [0.3, 0.4) is 0 Å². The third kappa shape index (κ3) is 4.24. The molecule has 1 aliphatic heterocycles. The molecule has 1 N–H and O–H groups in total. The van der Waals surface area contributed by atoms with Gasteiger partial charge in [-0.1, -0.05) is 0 Å². The predicted octanol–water partition coefficient (Wildman–Crippen LogP) is 2.28. The molecule has 26 heavy (non-hydrogen) atoms. The third-order valence-corrected chi connectivity index (χ3v) is 5.43. The summed E-state index contributed by atoms with van der Waals surface area (Å²) in [4.78, 5) is 26.9. The fourth-order valence-electron chi connectivity index (χ4n) is 2.85. The van der Waals surface area contributed by atoms with Gasteiger partial charge in [0.2, 0.25) is 0 Å².